The van der Waals surface area contributed by atoms with Gasteiger partial charge in [0, 0.05) is 25.6 Å². The van der Waals surface area contributed by atoms with Gasteiger partial charge < -0.3 is 24.5 Å². The molecule has 31 heavy (non-hydrogen) atoms. The van der Waals surface area contributed by atoms with Gasteiger partial charge in [-0.2, -0.15) is 0 Å². The average Bonchev–Trinajstić information content (AvgIpc) is 3.50. The summed E-state index contributed by atoms with van der Waals surface area (Å²) >= 11 is 0. The van der Waals surface area contributed by atoms with E-state index >= 15 is 0 Å². The summed E-state index contributed by atoms with van der Waals surface area (Å²) in [5.41, 5.74) is 1.03. The minimum Gasteiger partial charge on any atom is -0.493 e. The first kappa shape index (κ1) is 23.0. The number of nitrogens with one attached hydrogen (secondary N) is 2. The van der Waals surface area contributed by atoms with Crippen molar-refractivity contribution < 1.29 is 13.9 Å². The second-order valence-electron chi connectivity index (χ2n) is 8.53. The van der Waals surface area contributed by atoms with Crippen molar-refractivity contribution >= 4 is 5.96 Å². The zero-order valence-electron chi connectivity index (χ0n) is 19.4. The van der Waals surface area contributed by atoms with E-state index in [-0.39, 0.29) is 11.5 Å². The lowest BCUT2D eigenvalue weighted by molar-refractivity contribution is 0.215. The van der Waals surface area contributed by atoms with E-state index in [0.717, 1.165) is 49.4 Å². The van der Waals surface area contributed by atoms with Gasteiger partial charge in [0.15, 0.2) is 17.5 Å². The normalized spacial score (nSPS) is 16.2. The topological polar surface area (TPSA) is 71.3 Å². The van der Waals surface area contributed by atoms with Gasteiger partial charge in [-0.05, 0) is 55.8 Å². The largest absolute Gasteiger partial charge is 0.493 e. The number of ether oxygens (including phenoxy) is 2. The molecule has 0 bridgehead atoms. The van der Waals surface area contributed by atoms with Crippen LogP contribution in [0.15, 0.2) is 46.0 Å². The summed E-state index contributed by atoms with van der Waals surface area (Å²) in [6.07, 6.45) is 4.23. The maximum Gasteiger partial charge on any atom is 0.191 e. The molecule has 0 amide bonds. The highest BCUT2D eigenvalue weighted by Crippen LogP contribution is 2.33. The molecule has 7 heteroatoms. The van der Waals surface area contributed by atoms with Gasteiger partial charge >= 0.3 is 0 Å². The highest BCUT2D eigenvalue weighted by molar-refractivity contribution is 5.79. The molecule has 3 rings (SSSR count). The Bertz CT molecular complexity index is 843. The number of hydrogen-bond acceptors (Lipinski definition) is 5. The maximum atomic E-state index is 5.72. The van der Waals surface area contributed by atoms with Crippen LogP contribution in [0.4, 0.5) is 0 Å². The molecule has 1 saturated heterocycles. The maximum absolute atomic E-state index is 5.72. The first-order chi connectivity index (χ1) is 15.0. The number of nitrogens with zero attached hydrogens (tertiary/aromatic N) is 2. The van der Waals surface area contributed by atoms with Crippen LogP contribution in [0.2, 0.25) is 0 Å². The van der Waals surface area contributed by atoms with E-state index in [9.17, 15) is 0 Å². The lowest BCUT2D eigenvalue weighted by Gasteiger charge is -2.29. The van der Waals surface area contributed by atoms with Gasteiger partial charge in [0.05, 0.1) is 26.5 Å². The molecule has 2 N–H and O–H groups in total. The van der Waals surface area contributed by atoms with Crippen LogP contribution < -0.4 is 20.1 Å². The Kier molecular flexibility index (Phi) is 7.85. The van der Waals surface area contributed by atoms with Gasteiger partial charge in [-0.15, -0.1) is 0 Å². The minimum absolute atomic E-state index is 0.132. The summed E-state index contributed by atoms with van der Waals surface area (Å²) in [6.45, 7) is 8.06. The summed E-state index contributed by atoms with van der Waals surface area (Å²) in [7, 11) is 5.11. The molecule has 2 heterocycles. The Balaban J connectivity index is 1.61. The minimum atomic E-state index is -0.132. The number of aliphatic imine (C=N–C) groups is 1. The SMILES string of the molecule is CN=C(NCC(c1ccco1)N1CCCC1)NCC(C)(C)c1ccc(OC)c(OC)c1. The van der Waals surface area contributed by atoms with Gasteiger partial charge in [-0.1, -0.05) is 19.9 Å². The number of guanidine groups is 1. The van der Waals surface area contributed by atoms with Crippen LogP contribution in [0.1, 0.15) is 44.1 Å². The molecule has 1 atom stereocenters. The number of methoxy groups -OCH3 is 2. The van der Waals surface area contributed by atoms with E-state index in [1.54, 1.807) is 27.5 Å². The van der Waals surface area contributed by atoms with E-state index < -0.39 is 0 Å². The monoisotopic (exact) mass is 428 g/mol. The molecule has 1 aromatic heterocycles. The zero-order valence-corrected chi connectivity index (χ0v) is 19.4. The van der Waals surface area contributed by atoms with Crippen LogP contribution in [-0.2, 0) is 5.41 Å². The number of furan rings is 1. The van der Waals surface area contributed by atoms with Gasteiger partial charge in [0.2, 0.25) is 0 Å². The Labute approximate surface area is 185 Å². The fraction of sp³-hybridized carbons (Fsp3) is 0.542. The predicted octanol–water partition coefficient (Wildman–Crippen LogP) is 3.58. The molecule has 1 aromatic carbocycles. The second-order valence-corrected chi connectivity index (χ2v) is 8.53. The van der Waals surface area contributed by atoms with Crippen molar-refractivity contribution in [1.29, 1.82) is 0 Å². The number of likely N-dealkylation sites (tertiary alicyclic amines) is 1. The van der Waals surface area contributed by atoms with Crippen molar-refractivity contribution in [3.63, 3.8) is 0 Å². The first-order valence-electron chi connectivity index (χ1n) is 10.9. The van der Waals surface area contributed by atoms with Crippen LogP contribution >= 0.6 is 0 Å². The van der Waals surface area contributed by atoms with Crippen LogP contribution in [0.5, 0.6) is 11.5 Å². The van der Waals surface area contributed by atoms with E-state index in [4.69, 9.17) is 13.9 Å². The van der Waals surface area contributed by atoms with Crippen molar-refractivity contribution in [1.82, 2.24) is 15.5 Å². The van der Waals surface area contributed by atoms with Crippen molar-refractivity contribution in [3.05, 3.63) is 47.9 Å². The summed E-state index contributed by atoms with van der Waals surface area (Å²) in [5.74, 6) is 3.25. The van der Waals surface area contributed by atoms with Gasteiger partial charge in [0.1, 0.15) is 5.76 Å². The molecule has 1 aliphatic heterocycles. The van der Waals surface area contributed by atoms with Crippen molar-refractivity contribution in [2.24, 2.45) is 4.99 Å². The molecule has 170 valence electrons. The molecule has 1 fully saturated rings. The average molecular weight is 429 g/mol. The molecule has 0 aliphatic carbocycles. The standard InChI is InChI=1S/C24H36N4O3/c1-24(2,18-10-11-21(29-4)22(15-18)30-5)17-27-23(25-3)26-16-19(20-9-8-14-31-20)28-12-6-7-13-28/h8-11,14-15,19H,6-7,12-13,16-17H2,1-5H3,(H2,25,26,27). The Morgan fingerprint density at radius 3 is 2.48 bits per heavy atom. The molecular formula is C24H36N4O3. The summed E-state index contributed by atoms with van der Waals surface area (Å²) < 4.78 is 16.6. The quantitative estimate of drug-likeness (QED) is 0.470. The Morgan fingerprint density at radius 1 is 1.13 bits per heavy atom. The predicted molar refractivity (Wildman–Crippen MR) is 124 cm³/mol. The summed E-state index contributed by atoms with van der Waals surface area (Å²) in [5, 5.41) is 6.98. The summed E-state index contributed by atoms with van der Waals surface area (Å²) in [4.78, 5) is 6.91. The molecule has 0 spiro atoms. The van der Waals surface area contributed by atoms with Gasteiger partial charge in [-0.3, -0.25) is 9.89 Å². The van der Waals surface area contributed by atoms with Crippen molar-refractivity contribution in [2.75, 3.05) is 47.4 Å². The number of rotatable bonds is 9. The molecule has 7 nitrogen and oxygen atoms in total. The summed E-state index contributed by atoms with van der Waals surface area (Å²) in [6, 6.07) is 10.3. The van der Waals surface area contributed by atoms with E-state index in [0.29, 0.717) is 0 Å². The zero-order chi connectivity index (χ0) is 22.3. The molecule has 0 radical (unpaired) electrons. The first-order valence-corrected chi connectivity index (χ1v) is 10.9. The Hall–Kier alpha value is -2.67. The van der Waals surface area contributed by atoms with E-state index in [1.807, 2.05) is 18.2 Å². The van der Waals surface area contributed by atoms with Crippen LogP contribution in [-0.4, -0.2) is 58.3 Å². The van der Waals surface area contributed by atoms with Gasteiger partial charge in [0.25, 0.3) is 0 Å². The van der Waals surface area contributed by atoms with Crippen molar-refractivity contribution in [3.8, 4) is 11.5 Å². The molecular weight excluding hydrogens is 392 g/mol. The molecule has 1 unspecified atom stereocenters. The molecule has 1 aliphatic rings. The van der Waals surface area contributed by atoms with Crippen LogP contribution in [0, 0.1) is 0 Å². The lowest BCUT2D eigenvalue weighted by Crippen LogP contribution is -2.46. The van der Waals surface area contributed by atoms with E-state index in [2.05, 4.69) is 46.5 Å². The van der Waals surface area contributed by atoms with Gasteiger partial charge in [-0.25, -0.2) is 0 Å². The van der Waals surface area contributed by atoms with Crippen molar-refractivity contribution in [2.45, 2.75) is 38.1 Å². The fourth-order valence-electron chi connectivity index (χ4n) is 4.02. The number of benzene rings is 1. The molecule has 0 saturated carbocycles. The van der Waals surface area contributed by atoms with Crippen LogP contribution in [0.3, 0.4) is 0 Å². The number of hydrogen-bond donors (Lipinski definition) is 2. The third-order valence-corrected chi connectivity index (χ3v) is 6.00. The fourth-order valence-corrected chi connectivity index (χ4v) is 4.02. The molecule has 2 aromatic rings. The van der Waals surface area contributed by atoms with E-state index in [1.165, 1.54) is 18.4 Å². The lowest BCUT2D eigenvalue weighted by atomic mass is 9.84. The second kappa shape index (κ2) is 10.6. The smallest absolute Gasteiger partial charge is 0.191 e. The third kappa shape index (κ3) is 5.73. The van der Waals surface area contributed by atoms with Crippen LogP contribution in [0.25, 0.3) is 0 Å². The highest BCUT2D eigenvalue weighted by Gasteiger charge is 2.26. The highest BCUT2D eigenvalue weighted by atomic mass is 16.5. The third-order valence-electron chi connectivity index (χ3n) is 6.00. The Morgan fingerprint density at radius 2 is 1.87 bits per heavy atom.